The SMILES string of the molecule is CCS(=O)(=O)c1cc(OC(C)(C)C#N)cnc1-c1cn2cnc(SC(F)(F)F)cc2n1. The summed E-state index contributed by atoms with van der Waals surface area (Å²) in [6.45, 7) is 4.49. The van der Waals surface area contributed by atoms with E-state index in [1.54, 1.807) is 0 Å². The van der Waals surface area contributed by atoms with E-state index in [2.05, 4.69) is 15.0 Å². The van der Waals surface area contributed by atoms with Gasteiger partial charge >= 0.3 is 5.51 Å². The minimum atomic E-state index is -4.50. The lowest BCUT2D eigenvalue weighted by atomic mass is 10.2. The number of nitrogens with zero attached hydrogens (tertiary/aromatic N) is 5. The number of fused-ring (bicyclic) bond motifs is 1. The zero-order valence-electron chi connectivity index (χ0n) is 16.5. The Morgan fingerprint density at radius 3 is 2.58 bits per heavy atom. The molecule has 0 atom stereocenters. The largest absolute Gasteiger partial charge is 0.471 e. The third kappa shape index (κ3) is 5.26. The van der Waals surface area contributed by atoms with E-state index in [-0.39, 0.29) is 50.2 Å². The predicted octanol–water partition coefficient (Wildman–Crippen LogP) is 3.88. The monoisotopic (exact) mass is 471 g/mol. The van der Waals surface area contributed by atoms with Crippen LogP contribution in [-0.2, 0) is 9.84 Å². The van der Waals surface area contributed by atoms with Gasteiger partial charge in [0.1, 0.15) is 40.2 Å². The number of aromatic nitrogens is 4. The summed E-state index contributed by atoms with van der Waals surface area (Å²) in [5.41, 5.74) is -5.42. The van der Waals surface area contributed by atoms with E-state index in [0.717, 1.165) is 12.4 Å². The zero-order valence-corrected chi connectivity index (χ0v) is 18.1. The highest BCUT2D eigenvalue weighted by Gasteiger charge is 2.30. The van der Waals surface area contributed by atoms with Gasteiger partial charge in [0.25, 0.3) is 0 Å². The van der Waals surface area contributed by atoms with Crippen molar-refractivity contribution in [2.24, 2.45) is 0 Å². The van der Waals surface area contributed by atoms with Crippen LogP contribution in [0.2, 0.25) is 0 Å². The van der Waals surface area contributed by atoms with Gasteiger partial charge in [-0.25, -0.2) is 23.4 Å². The maximum atomic E-state index is 12.7. The van der Waals surface area contributed by atoms with Gasteiger partial charge in [0, 0.05) is 30.1 Å². The molecule has 8 nitrogen and oxygen atoms in total. The molecule has 0 amide bonds. The number of hydrogen-bond donors (Lipinski definition) is 0. The number of pyridine rings is 1. The summed E-state index contributed by atoms with van der Waals surface area (Å²) in [5, 5.41) is 8.84. The van der Waals surface area contributed by atoms with Gasteiger partial charge in [-0.1, -0.05) is 6.92 Å². The lowest BCUT2D eigenvalue weighted by molar-refractivity contribution is -0.0329. The number of halogens is 3. The molecule has 0 N–H and O–H groups in total. The average Bonchev–Trinajstić information content (AvgIpc) is 3.09. The van der Waals surface area contributed by atoms with Gasteiger partial charge in [-0.05, 0) is 13.8 Å². The van der Waals surface area contributed by atoms with Crippen LogP contribution in [0.5, 0.6) is 5.75 Å². The molecule has 0 aliphatic carbocycles. The molecule has 0 unspecified atom stereocenters. The highest BCUT2D eigenvalue weighted by Crippen LogP contribution is 2.36. The number of sulfone groups is 1. The molecule has 164 valence electrons. The van der Waals surface area contributed by atoms with Crippen LogP contribution in [-0.4, -0.2) is 44.6 Å². The zero-order chi connectivity index (χ0) is 23.0. The van der Waals surface area contributed by atoms with Crippen molar-refractivity contribution < 1.29 is 26.3 Å². The van der Waals surface area contributed by atoms with E-state index in [9.17, 15) is 21.6 Å². The van der Waals surface area contributed by atoms with Gasteiger partial charge in [-0.2, -0.15) is 18.4 Å². The van der Waals surface area contributed by atoms with E-state index in [1.807, 2.05) is 6.07 Å². The molecule has 3 heterocycles. The molecule has 31 heavy (non-hydrogen) atoms. The van der Waals surface area contributed by atoms with Gasteiger partial charge in [0.15, 0.2) is 15.4 Å². The smallest absolute Gasteiger partial charge is 0.447 e. The van der Waals surface area contributed by atoms with Crippen molar-refractivity contribution >= 4 is 27.2 Å². The summed E-state index contributed by atoms with van der Waals surface area (Å²) in [5.74, 6) is -0.148. The van der Waals surface area contributed by atoms with E-state index in [4.69, 9.17) is 10.00 Å². The van der Waals surface area contributed by atoms with Crippen molar-refractivity contribution in [2.75, 3.05) is 5.75 Å². The van der Waals surface area contributed by atoms with Crippen LogP contribution >= 0.6 is 11.8 Å². The summed E-state index contributed by atoms with van der Waals surface area (Å²) >= 11 is -0.378. The molecule has 0 radical (unpaired) electrons. The van der Waals surface area contributed by atoms with Gasteiger partial charge in [0.2, 0.25) is 0 Å². The fourth-order valence-electron chi connectivity index (χ4n) is 2.55. The van der Waals surface area contributed by atoms with E-state index in [1.165, 1.54) is 43.6 Å². The molecule has 3 aromatic rings. The molecule has 3 rings (SSSR count). The fourth-order valence-corrected chi connectivity index (χ4v) is 4.11. The standard InChI is InChI=1S/C18H16F3N5O3S2/c1-4-31(27,28)13-5-11(29-17(2,3)9-22)7-23-16(13)12-8-26-10-24-15(6-14(26)25-12)30-18(19,20)21/h5-8,10H,4H2,1-3H3. The van der Waals surface area contributed by atoms with Crippen LogP contribution in [0.4, 0.5) is 13.2 Å². The van der Waals surface area contributed by atoms with Crippen LogP contribution in [0, 0.1) is 11.3 Å². The fraction of sp³-hybridized carbons (Fsp3) is 0.333. The summed E-state index contributed by atoms with van der Waals surface area (Å²) < 4.78 is 70.0. The van der Waals surface area contributed by atoms with Crippen LogP contribution in [0.25, 0.3) is 17.0 Å². The van der Waals surface area contributed by atoms with Crippen molar-refractivity contribution in [1.29, 1.82) is 5.26 Å². The molecule has 0 aromatic carbocycles. The first kappa shape index (κ1) is 22.8. The van der Waals surface area contributed by atoms with Gasteiger partial charge in [-0.3, -0.25) is 4.40 Å². The lowest BCUT2D eigenvalue weighted by Crippen LogP contribution is -2.25. The summed E-state index contributed by atoms with van der Waals surface area (Å²) in [4.78, 5) is 12.0. The molecule has 0 saturated carbocycles. The van der Waals surface area contributed by atoms with Crippen molar-refractivity contribution in [3.8, 4) is 23.2 Å². The number of imidazole rings is 1. The van der Waals surface area contributed by atoms with Crippen molar-refractivity contribution in [1.82, 2.24) is 19.4 Å². The minimum absolute atomic E-state index is 0.0117. The molecule has 0 fully saturated rings. The number of nitriles is 1. The Balaban J connectivity index is 2.11. The van der Waals surface area contributed by atoms with Crippen molar-refractivity contribution in [3.63, 3.8) is 0 Å². The Bertz CT molecular complexity index is 1280. The first-order valence-corrected chi connectivity index (χ1v) is 11.2. The van der Waals surface area contributed by atoms with E-state index in [0.29, 0.717) is 0 Å². The van der Waals surface area contributed by atoms with Gasteiger partial charge in [-0.15, -0.1) is 0 Å². The molecule has 0 aliphatic rings. The Kier molecular flexibility index (Phi) is 5.90. The molecular formula is C18H16F3N5O3S2. The van der Waals surface area contributed by atoms with Crippen LogP contribution in [0.15, 0.2) is 40.8 Å². The predicted molar refractivity (Wildman–Crippen MR) is 106 cm³/mol. The summed E-state index contributed by atoms with van der Waals surface area (Å²) in [6.07, 6.45) is 3.83. The van der Waals surface area contributed by atoms with E-state index >= 15 is 0 Å². The second-order valence-electron chi connectivity index (χ2n) is 6.81. The highest BCUT2D eigenvalue weighted by atomic mass is 32.2. The van der Waals surface area contributed by atoms with Gasteiger partial charge < -0.3 is 4.74 Å². The number of ether oxygens (including phenoxy) is 1. The Labute approximate surface area is 180 Å². The molecule has 0 aliphatic heterocycles. The number of thioether (sulfide) groups is 1. The Morgan fingerprint density at radius 1 is 1.26 bits per heavy atom. The minimum Gasteiger partial charge on any atom is -0.471 e. The number of alkyl halides is 3. The Hall–Kier alpha value is -2.85. The summed E-state index contributed by atoms with van der Waals surface area (Å²) in [6, 6.07) is 4.34. The first-order valence-electron chi connectivity index (χ1n) is 8.77. The quantitative estimate of drug-likeness (QED) is 0.394. The third-order valence-electron chi connectivity index (χ3n) is 3.97. The molecule has 3 aromatic heterocycles. The van der Waals surface area contributed by atoms with Crippen LogP contribution in [0.3, 0.4) is 0 Å². The van der Waals surface area contributed by atoms with Gasteiger partial charge in [0.05, 0.1) is 16.8 Å². The second-order valence-corrected chi connectivity index (χ2v) is 10.1. The van der Waals surface area contributed by atoms with E-state index < -0.39 is 20.9 Å². The highest BCUT2D eigenvalue weighted by molar-refractivity contribution is 8.00. The topological polar surface area (TPSA) is 110 Å². The maximum Gasteiger partial charge on any atom is 0.447 e. The second kappa shape index (κ2) is 8.01. The van der Waals surface area contributed by atoms with Crippen molar-refractivity contribution in [3.05, 3.63) is 30.9 Å². The maximum absolute atomic E-state index is 12.7. The molecular weight excluding hydrogens is 455 g/mol. The Morgan fingerprint density at radius 2 is 1.97 bits per heavy atom. The molecule has 13 heteroatoms. The average molecular weight is 471 g/mol. The van der Waals surface area contributed by atoms with Crippen LogP contribution < -0.4 is 4.74 Å². The number of hydrogen-bond acceptors (Lipinski definition) is 8. The molecule has 0 bridgehead atoms. The number of rotatable bonds is 6. The third-order valence-corrected chi connectivity index (χ3v) is 6.38. The lowest BCUT2D eigenvalue weighted by Gasteiger charge is -2.19. The molecule has 0 spiro atoms. The molecule has 0 saturated heterocycles. The normalized spacial score (nSPS) is 12.7. The van der Waals surface area contributed by atoms with Crippen LogP contribution in [0.1, 0.15) is 20.8 Å². The summed E-state index contributed by atoms with van der Waals surface area (Å²) in [7, 11) is -3.77. The first-order chi connectivity index (χ1) is 14.3. The van der Waals surface area contributed by atoms with Crippen molar-refractivity contribution in [2.45, 2.75) is 41.8 Å².